The van der Waals surface area contributed by atoms with Crippen LogP contribution in [0.4, 0.5) is 0 Å². The average Bonchev–Trinajstić information content (AvgIpc) is 2.78. The summed E-state index contributed by atoms with van der Waals surface area (Å²) in [6.07, 6.45) is 0. The third-order valence-corrected chi connectivity index (χ3v) is 4.23. The van der Waals surface area contributed by atoms with Crippen molar-refractivity contribution in [3.63, 3.8) is 0 Å². The standard InChI is InChI=1S/C19H18O5/c1-18(2,3)13-8-9-14-15(10-13)19(23,24-17(14)22)12-6-4-11(5-7-12)16(20)21/h4-10,23H,1-3H3,(H,20,21). The van der Waals surface area contributed by atoms with Crippen LogP contribution in [0.3, 0.4) is 0 Å². The minimum atomic E-state index is -1.91. The monoisotopic (exact) mass is 326 g/mol. The quantitative estimate of drug-likeness (QED) is 0.829. The molecule has 5 heteroatoms. The van der Waals surface area contributed by atoms with E-state index in [9.17, 15) is 14.7 Å². The molecule has 5 nitrogen and oxygen atoms in total. The van der Waals surface area contributed by atoms with E-state index in [1.165, 1.54) is 24.3 Å². The molecule has 124 valence electrons. The summed E-state index contributed by atoms with van der Waals surface area (Å²) < 4.78 is 5.24. The number of aliphatic hydroxyl groups is 1. The molecule has 0 amide bonds. The van der Waals surface area contributed by atoms with Gasteiger partial charge in [0.25, 0.3) is 5.79 Å². The number of hydrogen-bond donors (Lipinski definition) is 2. The van der Waals surface area contributed by atoms with Crippen molar-refractivity contribution in [2.24, 2.45) is 0 Å². The molecule has 2 N–H and O–H groups in total. The highest BCUT2D eigenvalue weighted by Gasteiger charge is 2.46. The molecule has 0 saturated heterocycles. The largest absolute Gasteiger partial charge is 0.478 e. The van der Waals surface area contributed by atoms with Crippen molar-refractivity contribution in [2.75, 3.05) is 0 Å². The second-order valence-corrected chi connectivity index (χ2v) is 6.93. The Balaban J connectivity index is 2.13. The zero-order valence-electron chi connectivity index (χ0n) is 13.7. The zero-order valence-corrected chi connectivity index (χ0v) is 13.7. The highest BCUT2D eigenvalue weighted by Crippen LogP contribution is 2.41. The van der Waals surface area contributed by atoms with E-state index >= 15 is 0 Å². The first-order valence-electron chi connectivity index (χ1n) is 7.57. The molecule has 0 saturated carbocycles. The summed E-state index contributed by atoms with van der Waals surface area (Å²) in [5.41, 5.74) is 1.89. The Labute approximate surface area is 139 Å². The van der Waals surface area contributed by atoms with E-state index in [0.29, 0.717) is 16.7 Å². The van der Waals surface area contributed by atoms with Crippen LogP contribution in [-0.2, 0) is 15.9 Å². The molecule has 1 atom stereocenters. The number of fused-ring (bicyclic) bond motifs is 1. The topological polar surface area (TPSA) is 83.8 Å². The van der Waals surface area contributed by atoms with Crippen molar-refractivity contribution in [1.82, 2.24) is 0 Å². The maximum Gasteiger partial charge on any atom is 0.341 e. The molecule has 1 aliphatic heterocycles. The lowest BCUT2D eigenvalue weighted by Crippen LogP contribution is -2.27. The van der Waals surface area contributed by atoms with Gasteiger partial charge in [0.15, 0.2) is 0 Å². The molecule has 2 aromatic rings. The predicted molar refractivity (Wildman–Crippen MR) is 87.0 cm³/mol. The molecule has 0 spiro atoms. The minimum Gasteiger partial charge on any atom is -0.478 e. The van der Waals surface area contributed by atoms with Crippen molar-refractivity contribution in [3.05, 3.63) is 70.3 Å². The molecule has 24 heavy (non-hydrogen) atoms. The van der Waals surface area contributed by atoms with Crippen LogP contribution in [0, 0.1) is 0 Å². The lowest BCUT2D eigenvalue weighted by atomic mass is 9.83. The van der Waals surface area contributed by atoms with Crippen molar-refractivity contribution in [1.29, 1.82) is 0 Å². The van der Waals surface area contributed by atoms with Crippen molar-refractivity contribution in [3.8, 4) is 0 Å². The number of carboxylic acids is 1. The molecule has 1 unspecified atom stereocenters. The van der Waals surface area contributed by atoms with Crippen molar-refractivity contribution in [2.45, 2.75) is 32.0 Å². The number of cyclic esters (lactones) is 1. The number of benzene rings is 2. The fourth-order valence-corrected chi connectivity index (χ4v) is 2.77. The maximum absolute atomic E-state index is 12.1. The summed E-state index contributed by atoms with van der Waals surface area (Å²) in [5, 5.41) is 20.0. The third kappa shape index (κ3) is 2.47. The molecule has 0 fully saturated rings. The first kappa shape index (κ1) is 16.2. The molecule has 3 rings (SSSR count). The van der Waals surface area contributed by atoms with Gasteiger partial charge in [0.1, 0.15) is 0 Å². The van der Waals surface area contributed by atoms with E-state index in [-0.39, 0.29) is 11.0 Å². The molecule has 1 heterocycles. The molecule has 0 radical (unpaired) electrons. The second kappa shape index (κ2) is 5.18. The number of carbonyl (C=O) groups is 2. The fraction of sp³-hybridized carbons (Fsp3) is 0.263. The van der Waals surface area contributed by atoms with Gasteiger partial charge in [-0.25, -0.2) is 9.59 Å². The van der Waals surface area contributed by atoms with Gasteiger partial charge < -0.3 is 14.9 Å². The van der Waals surface area contributed by atoms with Crippen LogP contribution in [0.1, 0.15) is 58.2 Å². The Morgan fingerprint density at radius 3 is 2.25 bits per heavy atom. The Bertz CT molecular complexity index is 830. The summed E-state index contributed by atoms with van der Waals surface area (Å²) in [6, 6.07) is 10.9. The Morgan fingerprint density at radius 2 is 1.71 bits per heavy atom. The van der Waals surface area contributed by atoms with Crippen LogP contribution in [0.15, 0.2) is 42.5 Å². The van der Waals surface area contributed by atoms with Crippen LogP contribution in [0.25, 0.3) is 0 Å². The molecular formula is C19H18O5. The first-order chi connectivity index (χ1) is 11.1. The molecule has 1 aliphatic rings. The molecular weight excluding hydrogens is 308 g/mol. The van der Waals surface area contributed by atoms with E-state index in [0.717, 1.165) is 5.56 Å². The van der Waals surface area contributed by atoms with Crippen LogP contribution >= 0.6 is 0 Å². The van der Waals surface area contributed by atoms with Gasteiger partial charge in [-0.2, -0.15) is 0 Å². The average molecular weight is 326 g/mol. The number of aromatic carboxylic acids is 1. The van der Waals surface area contributed by atoms with Crippen LogP contribution in [0.5, 0.6) is 0 Å². The summed E-state index contributed by atoms with van der Waals surface area (Å²) in [7, 11) is 0. The van der Waals surface area contributed by atoms with E-state index in [4.69, 9.17) is 9.84 Å². The Morgan fingerprint density at radius 1 is 1.08 bits per heavy atom. The zero-order chi connectivity index (χ0) is 17.7. The normalized spacial score (nSPS) is 19.8. The smallest absolute Gasteiger partial charge is 0.341 e. The van der Waals surface area contributed by atoms with Crippen molar-refractivity contribution < 1.29 is 24.5 Å². The molecule has 0 aromatic heterocycles. The second-order valence-electron chi connectivity index (χ2n) is 6.93. The molecule has 2 aromatic carbocycles. The number of hydrogen-bond acceptors (Lipinski definition) is 4. The highest BCUT2D eigenvalue weighted by atomic mass is 16.7. The van der Waals surface area contributed by atoms with E-state index in [1.807, 2.05) is 26.8 Å². The van der Waals surface area contributed by atoms with E-state index in [2.05, 4.69) is 0 Å². The minimum absolute atomic E-state index is 0.0929. The van der Waals surface area contributed by atoms with Gasteiger partial charge in [0, 0.05) is 11.1 Å². The third-order valence-electron chi connectivity index (χ3n) is 4.23. The summed E-state index contributed by atoms with van der Waals surface area (Å²) >= 11 is 0. The molecule has 0 bridgehead atoms. The van der Waals surface area contributed by atoms with Gasteiger partial charge in [0.05, 0.1) is 11.1 Å². The SMILES string of the molecule is CC(C)(C)c1ccc2c(c1)C(O)(c1ccc(C(=O)O)cc1)OC2=O. The van der Waals surface area contributed by atoms with Crippen molar-refractivity contribution >= 4 is 11.9 Å². The van der Waals surface area contributed by atoms with Gasteiger partial charge in [-0.3, -0.25) is 0 Å². The number of ether oxygens (including phenoxy) is 1. The van der Waals surface area contributed by atoms with Crippen LogP contribution in [0.2, 0.25) is 0 Å². The number of carboxylic acid groups (broad SMARTS) is 1. The lowest BCUT2D eigenvalue weighted by Gasteiger charge is -2.25. The Hall–Kier alpha value is -2.66. The van der Waals surface area contributed by atoms with Gasteiger partial charge in [-0.05, 0) is 35.2 Å². The highest BCUT2D eigenvalue weighted by molar-refractivity contribution is 5.95. The summed E-state index contributed by atoms with van der Waals surface area (Å²) in [6.45, 7) is 6.10. The van der Waals surface area contributed by atoms with Gasteiger partial charge in [-0.1, -0.05) is 39.0 Å². The maximum atomic E-state index is 12.1. The summed E-state index contributed by atoms with van der Waals surface area (Å²) in [4.78, 5) is 23.1. The first-order valence-corrected chi connectivity index (χ1v) is 7.57. The number of esters is 1. The lowest BCUT2D eigenvalue weighted by molar-refractivity contribution is -0.129. The molecule has 0 aliphatic carbocycles. The van der Waals surface area contributed by atoms with Gasteiger partial charge in [0.2, 0.25) is 0 Å². The fourth-order valence-electron chi connectivity index (χ4n) is 2.77. The number of rotatable bonds is 2. The van der Waals surface area contributed by atoms with Gasteiger partial charge in [-0.15, -0.1) is 0 Å². The van der Waals surface area contributed by atoms with Crippen LogP contribution < -0.4 is 0 Å². The van der Waals surface area contributed by atoms with Gasteiger partial charge >= 0.3 is 11.9 Å². The van der Waals surface area contributed by atoms with E-state index in [1.54, 1.807) is 12.1 Å². The summed E-state index contributed by atoms with van der Waals surface area (Å²) in [5.74, 6) is -3.58. The predicted octanol–water partition coefficient (Wildman–Crippen LogP) is 3.05. The van der Waals surface area contributed by atoms with E-state index < -0.39 is 17.7 Å². The Kier molecular flexibility index (Phi) is 3.49. The number of carbonyl (C=O) groups excluding carboxylic acids is 1. The van der Waals surface area contributed by atoms with Crippen LogP contribution in [-0.4, -0.2) is 22.2 Å².